The summed E-state index contributed by atoms with van der Waals surface area (Å²) in [5, 5.41) is 0. The van der Waals surface area contributed by atoms with Crippen LogP contribution in [0.5, 0.6) is 5.75 Å². The van der Waals surface area contributed by atoms with Gasteiger partial charge in [0.05, 0.1) is 13.7 Å². The van der Waals surface area contributed by atoms with Gasteiger partial charge in [-0.2, -0.15) is 0 Å². The summed E-state index contributed by atoms with van der Waals surface area (Å²) in [5.74, 6) is 0.0708. The Bertz CT molecular complexity index is 377. The van der Waals surface area contributed by atoms with Crippen LogP contribution in [0.15, 0.2) is 18.2 Å². The van der Waals surface area contributed by atoms with Crippen molar-refractivity contribution in [2.75, 3.05) is 13.7 Å². The van der Waals surface area contributed by atoms with Gasteiger partial charge in [0.25, 0.3) is 0 Å². The number of esters is 1. The number of benzene rings is 1. The van der Waals surface area contributed by atoms with Crippen LogP contribution in [0, 0.1) is 5.82 Å². The first-order chi connectivity index (χ1) is 8.17. The number of rotatable bonds is 6. The Labute approximate surface area is 101 Å². The summed E-state index contributed by atoms with van der Waals surface area (Å²) < 4.78 is 23.1. The second-order valence-electron chi connectivity index (χ2n) is 3.68. The van der Waals surface area contributed by atoms with Crippen LogP contribution in [-0.4, -0.2) is 19.7 Å². The predicted molar refractivity (Wildman–Crippen MR) is 62.5 cm³/mol. The number of carbonyl (C=O) groups is 1. The molecule has 0 N–H and O–H groups in total. The highest BCUT2D eigenvalue weighted by Crippen LogP contribution is 2.19. The van der Waals surface area contributed by atoms with Gasteiger partial charge >= 0.3 is 5.97 Å². The number of hydrogen-bond donors (Lipinski definition) is 0. The molecule has 17 heavy (non-hydrogen) atoms. The molecule has 0 aromatic heterocycles. The molecule has 3 nitrogen and oxygen atoms in total. The average molecular weight is 240 g/mol. The third-order valence-electron chi connectivity index (χ3n) is 2.33. The summed E-state index contributed by atoms with van der Waals surface area (Å²) in [6.45, 7) is 2.16. The summed E-state index contributed by atoms with van der Waals surface area (Å²) in [5.41, 5.74) is 0.705. The fourth-order valence-corrected chi connectivity index (χ4v) is 1.49. The lowest BCUT2D eigenvalue weighted by atomic mass is 10.1. The Morgan fingerprint density at radius 1 is 1.41 bits per heavy atom. The molecule has 1 aromatic rings. The maximum atomic E-state index is 13.0. The van der Waals surface area contributed by atoms with Crippen molar-refractivity contribution >= 4 is 5.97 Å². The highest BCUT2D eigenvalue weighted by atomic mass is 19.1. The normalized spacial score (nSPS) is 10.1. The van der Waals surface area contributed by atoms with E-state index in [0.717, 1.165) is 6.42 Å². The van der Waals surface area contributed by atoms with E-state index < -0.39 is 0 Å². The maximum absolute atomic E-state index is 13.0. The molecule has 0 aliphatic carbocycles. The summed E-state index contributed by atoms with van der Waals surface area (Å²) in [4.78, 5) is 11.1. The van der Waals surface area contributed by atoms with E-state index in [0.29, 0.717) is 24.2 Å². The van der Waals surface area contributed by atoms with E-state index in [-0.39, 0.29) is 18.4 Å². The topological polar surface area (TPSA) is 35.5 Å². The largest absolute Gasteiger partial charge is 0.496 e. The van der Waals surface area contributed by atoms with Gasteiger partial charge in [-0.25, -0.2) is 4.39 Å². The highest BCUT2D eigenvalue weighted by molar-refractivity contribution is 5.69. The Morgan fingerprint density at radius 3 is 2.82 bits per heavy atom. The molecule has 0 amide bonds. The Morgan fingerprint density at radius 2 is 2.18 bits per heavy atom. The number of hydrogen-bond acceptors (Lipinski definition) is 3. The van der Waals surface area contributed by atoms with Crippen molar-refractivity contribution in [3.05, 3.63) is 29.6 Å². The van der Waals surface area contributed by atoms with Crippen molar-refractivity contribution in [1.82, 2.24) is 0 Å². The Hall–Kier alpha value is -1.58. The van der Waals surface area contributed by atoms with Gasteiger partial charge in [0.15, 0.2) is 0 Å². The lowest BCUT2D eigenvalue weighted by molar-refractivity contribution is -0.143. The highest BCUT2D eigenvalue weighted by Gasteiger charge is 2.06. The zero-order valence-corrected chi connectivity index (χ0v) is 10.2. The van der Waals surface area contributed by atoms with Crippen molar-refractivity contribution < 1.29 is 18.7 Å². The van der Waals surface area contributed by atoms with E-state index in [1.165, 1.54) is 19.2 Å². The third kappa shape index (κ3) is 4.43. The van der Waals surface area contributed by atoms with Crippen LogP contribution in [0.1, 0.15) is 25.3 Å². The molecule has 0 radical (unpaired) electrons. The van der Waals surface area contributed by atoms with Gasteiger partial charge in [-0.05, 0) is 24.6 Å². The molecule has 1 aromatic carbocycles. The van der Waals surface area contributed by atoms with E-state index >= 15 is 0 Å². The van der Waals surface area contributed by atoms with E-state index in [4.69, 9.17) is 9.47 Å². The van der Waals surface area contributed by atoms with Crippen LogP contribution in [0.3, 0.4) is 0 Å². The molecule has 0 fully saturated rings. The molecule has 0 saturated carbocycles. The van der Waals surface area contributed by atoms with E-state index in [2.05, 4.69) is 0 Å². The number of carbonyl (C=O) groups excluding carboxylic acids is 1. The number of ether oxygens (including phenoxy) is 2. The summed E-state index contributed by atoms with van der Waals surface area (Å²) in [6, 6.07) is 4.30. The molecule has 0 aliphatic heterocycles. The minimum absolute atomic E-state index is 0.220. The van der Waals surface area contributed by atoms with Crippen LogP contribution in [-0.2, 0) is 16.0 Å². The van der Waals surface area contributed by atoms with Crippen molar-refractivity contribution in [2.45, 2.75) is 26.2 Å². The van der Waals surface area contributed by atoms with Crippen LogP contribution in [0.4, 0.5) is 4.39 Å². The maximum Gasteiger partial charge on any atom is 0.305 e. The van der Waals surface area contributed by atoms with Crippen LogP contribution >= 0.6 is 0 Å². The Balaban J connectivity index is 2.50. The van der Waals surface area contributed by atoms with Crippen LogP contribution in [0.25, 0.3) is 0 Å². The average Bonchev–Trinajstić information content (AvgIpc) is 2.30. The quantitative estimate of drug-likeness (QED) is 0.717. The minimum atomic E-state index is -0.319. The van der Waals surface area contributed by atoms with Crippen LogP contribution in [0.2, 0.25) is 0 Å². The zero-order valence-electron chi connectivity index (χ0n) is 10.2. The monoisotopic (exact) mass is 240 g/mol. The van der Waals surface area contributed by atoms with Crippen molar-refractivity contribution in [2.24, 2.45) is 0 Å². The molecule has 0 heterocycles. The molecule has 0 saturated heterocycles. The smallest absolute Gasteiger partial charge is 0.305 e. The molecule has 1 rings (SSSR count). The second-order valence-corrected chi connectivity index (χ2v) is 3.68. The predicted octanol–water partition coefficient (Wildman–Crippen LogP) is 2.72. The van der Waals surface area contributed by atoms with Crippen molar-refractivity contribution in [3.63, 3.8) is 0 Å². The molecule has 0 bridgehead atoms. The van der Waals surface area contributed by atoms with Gasteiger partial charge in [0.2, 0.25) is 0 Å². The fourth-order valence-electron chi connectivity index (χ4n) is 1.49. The van der Waals surface area contributed by atoms with E-state index in [1.807, 2.05) is 6.92 Å². The standard InChI is InChI=1S/C13H17FO3/c1-3-4-13(15)17-8-7-10-9-11(14)5-6-12(10)16-2/h5-6,9H,3-4,7-8H2,1-2H3. The van der Waals surface area contributed by atoms with Crippen molar-refractivity contribution in [3.8, 4) is 5.75 Å². The van der Waals surface area contributed by atoms with Crippen molar-refractivity contribution in [1.29, 1.82) is 0 Å². The summed E-state index contributed by atoms with van der Waals surface area (Å²) in [6.07, 6.45) is 1.64. The molecule has 4 heteroatoms. The lowest BCUT2D eigenvalue weighted by Crippen LogP contribution is -2.07. The number of halogens is 1. The molecule has 94 valence electrons. The fraction of sp³-hybridized carbons (Fsp3) is 0.462. The lowest BCUT2D eigenvalue weighted by Gasteiger charge is -2.09. The summed E-state index contributed by atoms with van der Waals surface area (Å²) in [7, 11) is 1.53. The van der Waals surface area contributed by atoms with Gasteiger partial charge in [0.1, 0.15) is 11.6 Å². The number of methoxy groups -OCH3 is 1. The van der Waals surface area contributed by atoms with Gasteiger partial charge in [-0.1, -0.05) is 6.92 Å². The first kappa shape index (κ1) is 13.5. The molecule has 0 spiro atoms. The molecular weight excluding hydrogens is 223 g/mol. The van der Waals surface area contributed by atoms with Gasteiger partial charge < -0.3 is 9.47 Å². The minimum Gasteiger partial charge on any atom is -0.496 e. The van der Waals surface area contributed by atoms with E-state index in [1.54, 1.807) is 6.07 Å². The van der Waals surface area contributed by atoms with E-state index in [9.17, 15) is 9.18 Å². The Kier molecular flexibility index (Phi) is 5.46. The molecule has 0 atom stereocenters. The molecule has 0 aliphatic rings. The third-order valence-corrected chi connectivity index (χ3v) is 2.33. The molecular formula is C13H17FO3. The first-order valence-electron chi connectivity index (χ1n) is 5.65. The van der Waals surface area contributed by atoms with Gasteiger partial charge in [0, 0.05) is 18.4 Å². The second kappa shape index (κ2) is 6.89. The zero-order chi connectivity index (χ0) is 12.7. The van der Waals surface area contributed by atoms with Crippen LogP contribution < -0.4 is 4.74 Å². The van der Waals surface area contributed by atoms with Gasteiger partial charge in [-0.3, -0.25) is 4.79 Å². The first-order valence-corrected chi connectivity index (χ1v) is 5.65. The summed E-state index contributed by atoms with van der Waals surface area (Å²) >= 11 is 0. The van der Waals surface area contributed by atoms with Gasteiger partial charge in [-0.15, -0.1) is 0 Å². The molecule has 0 unspecified atom stereocenters. The SMILES string of the molecule is CCCC(=O)OCCc1cc(F)ccc1OC.